The minimum atomic E-state index is 0.713. The lowest BCUT2D eigenvalue weighted by Crippen LogP contribution is -1.92. The van der Waals surface area contributed by atoms with E-state index < -0.39 is 0 Å². The fourth-order valence-electron chi connectivity index (χ4n) is 1.57. The zero-order chi connectivity index (χ0) is 13.0. The number of alkyl halides is 1. The molecule has 4 heteroatoms. The van der Waals surface area contributed by atoms with Gasteiger partial charge in [0.05, 0.1) is 7.11 Å². The number of rotatable bonds is 4. The molecule has 0 heterocycles. The average Bonchev–Trinajstić information content (AvgIpc) is 2.41. The number of benzene rings is 2. The van der Waals surface area contributed by atoms with E-state index in [0.717, 1.165) is 26.9 Å². The van der Waals surface area contributed by atoms with Crippen molar-refractivity contribution in [2.45, 2.75) is 5.33 Å². The van der Waals surface area contributed by atoms with Gasteiger partial charge < -0.3 is 9.47 Å². The van der Waals surface area contributed by atoms with Gasteiger partial charge in [-0.05, 0) is 30.3 Å². The van der Waals surface area contributed by atoms with Gasteiger partial charge in [0.15, 0.2) is 11.5 Å². The van der Waals surface area contributed by atoms with Gasteiger partial charge in [0.2, 0.25) is 0 Å². The lowest BCUT2D eigenvalue weighted by Gasteiger charge is -2.12. The molecule has 0 fully saturated rings. The van der Waals surface area contributed by atoms with Gasteiger partial charge in [-0.1, -0.05) is 44.0 Å². The van der Waals surface area contributed by atoms with Gasteiger partial charge in [0, 0.05) is 15.4 Å². The molecule has 0 spiro atoms. The maximum Gasteiger partial charge on any atom is 0.169 e. The maximum atomic E-state index is 5.90. The fraction of sp³-hybridized carbons (Fsp3) is 0.143. The zero-order valence-corrected chi connectivity index (χ0v) is 13.0. The second-order valence-corrected chi connectivity index (χ2v) is 5.12. The lowest BCUT2D eigenvalue weighted by molar-refractivity contribution is 0.378. The van der Waals surface area contributed by atoms with E-state index in [0.29, 0.717) is 5.75 Å². The molecule has 0 bridgehead atoms. The van der Waals surface area contributed by atoms with Crippen molar-refractivity contribution in [3.05, 3.63) is 52.5 Å². The van der Waals surface area contributed by atoms with Gasteiger partial charge in [0.25, 0.3) is 0 Å². The molecule has 0 aliphatic rings. The largest absolute Gasteiger partial charge is 0.493 e. The highest BCUT2D eigenvalue weighted by atomic mass is 79.9. The van der Waals surface area contributed by atoms with Gasteiger partial charge in [0.1, 0.15) is 5.75 Å². The molecule has 94 valence electrons. The van der Waals surface area contributed by atoms with Crippen molar-refractivity contribution < 1.29 is 9.47 Å². The third-order valence-corrected chi connectivity index (χ3v) is 3.55. The Morgan fingerprint density at radius 1 is 1.00 bits per heavy atom. The molecule has 0 N–H and O–H groups in total. The van der Waals surface area contributed by atoms with E-state index >= 15 is 0 Å². The molecule has 0 saturated heterocycles. The van der Waals surface area contributed by atoms with E-state index in [9.17, 15) is 0 Å². The van der Waals surface area contributed by atoms with Crippen molar-refractivity contribution in [2.24, 2.45) is 0 Å². The van der Waals surface area contributed by atoms with E-state index in [2.05, 4.69) is 31.9 Å². The SMILES string of the molecule is COc1ccccc1Oc1ccc(Br)cc1CBr. The zero-order valence-electron chi connectivity index (χ0n) is 9.82. The number of para-hydroxylation sites is 2. The normalized spacial score (nSPS) is 10.2. The minimum Gasteiger partial charge on any atom is -0.493 e. The summed E-state index contributed by atoms with van der Waals surface area (Å²) in [5, 5.41) is 0.733. The lowest BCUT2D eigenvalue weighted by atomic mass is 10.2. The molecule has 18 heavy (non-hydrogen) atoms. The summed E-state index contributed by atoms with van der Waals surface area (Å²) >= 11 is 6.91. The molecule has 0 atom stereocenters. The van der Waals surface area contributed by atoms with Crippen molar-refractivity contribution in [2.75, 3.05) is 7.11 Å². The second-order valence-electron chi connectivity index (χ2n) is 3.64. The summed E-state index contributed by atoms with van der Waals surface area (Å²) in [4.78, 5) is 0. The van der Waals surface area contributed by atoms with Crippen molar-refractivity contribution in [3.8, 4) is 17.2 Å². The van der Waals surface area contributed by atoms with E-state index in [1.165, 1.54) is 0 Å². The van der Waals surface area contributed by atoms with Crippen LogP contribution in [0.2, 0.25) is 0 Å². The predicted molar refractivity (Wildman–Crippen MR) is 79.8 cm³/mol. The van der Waals surface area contributed by atoms with Crippen LogP contribution in [-0.4, -0.2) is 7.11 Å². The molecular weight excluding hydrogens is 360 g/mol. The fourth-order valence-corrected chi connectivity index (χ4v) is 2.42. The van der Waals surface area contributed by atoms with Crippen LogP contribution in [0.5, 0.6) is 17.2 Å². The second kappa shape index (κ2) is 6.25. The molecule has 0 amide bonds. The average molecular weight is 372 g/mol. The molecule has 2 rings (SSSR count). The van der Waals surface area contributed by atoms with Crippen molar-refractivity contribution in [1.29, 1.82) is 0 Å². The highest BCUT2D eigenvalue weighted by Crippen LogP contribution is 2.34. The Bertz CT molecular complexity index is 541. The molecule has 0 aliphatic carbocycles. The molecule has 0 aromatic heterocycles. The third-order valence-electron chi connectivity index (χ3n) is 2.46. The summed E-state index contributed by atoms with van der Waals surface area (Å²) < 4.78 is 12.2. The first-order valence-electron chi connectivity index (χ1n) is 5.40. The molecule has 2 nitrogen and oxygen atoms in total. The van der Waals surface area contributed by atoms with Crippen molar-refractivity contribution >= 4 is 31.9 Å². The molecule has 0 aliphatic heterocycles. The summed E-state index contributed by atoms with van der Waals surface area (Å²) in [6.07, 6.45) is 0. The highest BCUT2D eigenvalue weighted by molar-refractivity contribution is 9.10. The van der Waals surface area contributed by atoms with Gasteiger partial charge >= 0.3 is 0 Å². The topological polar surface area (TPSA) is 18.5 Å². The quantitative estimate of drug-likeness (QED) is 0.692. The van der Waals surface area contributed by atoms with Gasteiger partial charge in [-0.15, -0.1) is 0 Å². The van der Waals surface area contributed by atoms with Gasteiger partial charge in [-0.2, -0.15) is 0 Å². The smallest absolute Gasteiger partial charge is 0.169 e. The molecular formula is C14H12Br2O2. The van der Waals surface area contributed by atoms with Crippen LogP contribution in [-0.2, 0) is 5.33 Å². The summed E-state index contributed by atoms with van der Waals surface area (Å²) in [5.74, 6) is 2.25. The first-order chi connectivity index (χ1) is 8.74. The number of methoxy groups -OCH3 is 1. The summed E-state index contributed by atoms with van der Waals surface area (Å²) in [6.45, 7) is 0. The van der Waals surface area contributed by atoms with Crippen LogP contribution in [0.3, 0.4) is 0 Å². The summed E-state index contributed by atoms with van der Waals surface area (Å²) in [5.41, 5.74) is 1.08. The van der Waals surface area contributed by atoms with Gasteiger partial charge in [-0.3, -0.25) is 0 Å². The van der Waals surface area contributed by atoms with E-state index in [4.69, 9.17) is 9.47 Å². The van der Waals surface area contributed by atoms with Crippen LogP contribution < -0.4 is 9.47 Å². The van der Waals surface area contributed by atoms with E-state index in [1.807, 2.05) is 42.5 Å². The van der Waals surface area contributed by atoms with Gasteiger partial charge in [-0.25, -0.2) is 0 Å². The van der Waals surface area contributed by atoms with Crippen LogP contribution in [0.4, 0.5) is 0 Å². The Labute approximate surface area is 123 Å². The first-order valence-corrected chi connectivity index (χ1v) is 7.31. The Morgan fingerprint density at radius 3 is 2.39 bits per heavy atom. The van der Waals surface area contributed by atoms with Crippen molar-refractivity contribution in [3.63, 3.8) is 0 Å². The maximum absolute atomic E-state index is 5.90. The number of halogens is 2. The van der Waals surface area contributed by atoms with Crippen LogP contribution in [0.15, 0.2) is 46.9 Å². The standard InChI is InChI=1S/C14H12Br2O2/c1-17-13-4-2-3-5-14(13)18-12-7-6-11(16)8-10(12)9-15/h2-8H,9H2,1H3. The number of hydrogen-bond donors (Lipinski definition) is 0. The highest BCUT2D eigenvalue weighted by Gasteiger charge is 2.08. The first kappa shape index (κ1) is 13.4. The third kappa shape index (κ3) is 3.06. The molecule has 0 saturated carbocycles. The number of ether oxygens (including phenoxy) is 2. The van der Waals surface area contributed by atoms with E-state index in [1.54, 1.807) is 7.11 Å². The minimum absolute atomic E-state index is 0.713. The van der Waals surface area contributed by atoms with Crippen LogP contribution in [0, 0.1) is 0 Å². The van der Waals surface area contributed by atoms with Crippen molar-refractivity contribution in [1.82, 2.24) is 0 Å². The van der Waals surface area contributed by atoms with E-state index in [-0.39, 0.29) is 0 Å². The van der Waals surface area contributed by atoms with Crippen LogP contribution >= 0.6 is 31.9 Å². The predicted octanol–water partition coefficient (Wildman–Crippen LogP) is 5.14. The molecule has 2 aromatic carbocycles. The molecule has 0 radical (unpaired) electrons. The summed E-state index contributed by atoms with van der Waals surface area (Å²) in [7, 11) is 1.63. The number of hydrogen-bond acceptors (Lipinski definition) is 2. The molecule has 0 unspecified atom stereocenters. The monoisotopic (exact) mass is 370 g/mol. The Morgan fingerprint density at radius 2 is 1.72 bits per heavy atom. The Kier molecular flexibility index (Phi) is 4.66. The van der Waals surface area contributed by atoms with Crippen LogP contribution in [0.1, 0.15) is 5.56 Å². The van der Waals surface area contributed by atoms with Crippen LogP contribution in [0.25, 0.3) is 0 Å². The molecule has 2 aromatic rings. The summed E-state index contributed by atoms with van der Waals surface area (Å²) in [6, 6.07) is 13.5. The Hall–Kier alpha value is -1.000. The Balaban J connectivity index is 2.33.